The van der Waals surface area contributed by atoms with Crippen molar-refractivity contribution >= 4 is 34.4 Å². The number of halogens is 2. The Morgan fingerprint density at radius 2 is 1.85 bits per heavy atom. The summed E-state index contributed by atoms with van der Waals surface area (Å²) >= 11 is 6.25. The van der Waals surface area contributed by atoms with E-state index in [0.717, 1.165) is 29.5 Å². The number of carbonyl (C=O) groups is 2. The number of methoxy groups -OCH3 is 1. The first kappa shape index (κ1) is 26.3. The first-order valence-corrected chi connectivity index (χ1v) is 13.7. The maximum atomic E-state index is 14.8. The van der Waals surface area contributed by atoms with E-state index >= 15 is 0 Å². The molecule has 2 fully saturated rings. The Labute approximate surface area is 235 Å². The molecule has 2 aliphatic rings. The fourth-order valence-corrected chi connectivity index (χ4v) is 6.69. The van der Waals surface area contributed by atoms with Crippen molar-refractivity contribution in [3.05, 3.63) is 82.9 Å². The van der Waals surface area contributed by atoms with Gasteiger partial charge in [0.25, 0.3) is 5.91 Å². The largest absolute Gasteiger partial charge is 0.481 e. The van der Waals surface area contributed by atoms with Gasteiger partial charge in [-0.2, -0.15) is 0 Å². The zero-order valence-corrected chi connectivity index (χ0v) is 22.9. The molecular weight excluding hydrogens is 533 g/mol. The Balaban J connectivity index is 1.22. The molecule has 0 radical (unpaired) electrons. The molecule has 0 saturated heterocycles. The fraction of sp³-hybridized carbons (Fsp3) is 0.323. The first-order valence-electron chi connectivity index (χ1n) is 13.3. The average molecular weight is 562 g/mol. The number of benzene rings is 2. The highest BCUT2D eigenvalue weighted by Gasteiger charge is 2.55. The SMILES string of the molecule is COc1ncc(-c2ccc(C(C)n3ccc4c(F)ccc(C(=O)NC5CC6(C5)CC(C(=O)O)C6)c43)cc2)cc1Cl. The number of carbonyl (C=O) groups excluding carboxylic acids is 1. The number of ether oxygens (including phenoxy) is 1. The number of nitrogens with one attached hydrogen (secondary N) is 1. The van der Waals surface area contributed by atoms with Crippen molar-refractivity contribution in [1.29, 1.82) is 0 Å². The van der Waals surface area contributed by atoms with Gasteiger partial charge in [0.1, 0.15) is 10.8 Å². The predicted octanol–water partition coefficient (Wildman–Crippen LogP) is 6.49. The maximum Gasteiger partial charge on any atom is 0.306 e. The highest BCUT2D eigenvalue weighted by Crippen LogP contribution is 2.58. The summed E-state index contributed by atoms with van der Waals surface area (Å²) < 4.78 is 21.9. The standard InChI is InChI=1S/C31H29ClFN3O4/c1-17(18-3-5-19(6-4-18)20-11-25(32)29(40-2)34-16-20)36-10-9-23-26(33)8-7-24(27(23)36)28(37)35-22-14-31(15-22)12-21(13-31)30(38)39/h3-11,16-17,21-22H,12-15H2,1-2H3,(H,35,37)(H,38,39). The van der Waals surface area contributed by atoms with Crippen LogP contribution in [0, 0.1) is 17.2 Å². The van der Waals surface area contributed by atoms with Crippen LogP contribution in [0.25, 0.3) is 22.0 Å². The van der Waals surface area contributed by atoms with Gasteiger partial charge in [-0.25, -0.2) is 9.37 Å². The number of aliphatic carboxylic acids is 1. The van der Waals surface area contributed by atoms with E-state index in [1.165, 1.54) is 19.2 Å². The van der Waals surface area contributed by atoms with E-state index in [4.69, 9.17) is 16.3 Å². The highest BCUT2D eigenvalue weighted by atomic mass is 35.5. The number of hydrogen-bond donors (Lipinski definition) is 2. The summed E-state index contributed by atoms with van der Waals surface area (Å²) in [5.74, 6) is -1.26. The predicted molar refractivity (Wildman–Crippen MR) is 150 cm³/mol. The van der Waals surface area contributed by atoms with Crippen LogP contribution >= 0.6 is 11.6 Å². The second-order valence-electron chi connectivity index (χ2n) is 11.1. The Morgan fingerprint density at radius 3 is 2.50 bits per heavy atom. The van der Waals surface area contributed by atoms with Crippen LogP contribution in [0.4, 0.5) is 4.39 Å². The van der Waals surface area contributed by atoms with Crippen LogP contribution in [0.1, 0.15) is 54.6 Å². The first-order chi connectivity index (χ1) is 19.2. The van der Waals surface area contributed by atoms with Crippen LogP contribution in [0.3, 0.4) is 0 Å². The highest BCUT2D eigenvalue weighted by molar-refractivity contribution is 6.32. The van der Waals surface area contributed by atoms with Gasteiger partial charge in [-0.05, 0) is 73.4 Å². The lowest BCUT2D eigenvalue weighted by Crippen LogP contribution is -2.57. The number of amides is 1. The van der Waals surface area contributed by atoms with Gasteiger partial charge in [0.2, 0.25) is 5.88 Å². The van der Waals surface area contributed by atoms with Crippen LogP contribution in [-0.2, 0) is 4.79 Å². The van der Waals surface area contributed by atoms with Crippen molar-refractivity contribution in [2.24, 2.45) is 11.3 Å². The van der Waals surface area contributed by atoms with Gasteiger partial charge in [0.05, 0.1) is 30.1 Å². The molecule has 2 N–H and O–H groups in total. The lowest BCUT2D eigenvalue weighted by Gasteiger charge is -2.56. The van der Waals surface area contributed by atoms with Crippen molar-refractivity contribution in [2.75, 3.05) is 7.11 Å². The number of pyridine rings is 1. The van der Waals surface area contributed by atoms with Gasteiger partial charge in [-0.3, -0.25) is 9.59 Å². The molecule has 4 aromatic rings. The Hall–Kier alpha value is -3.91. The Morgan fingerprint density at radius 1 is 1.12 bits per heavy atom. The van der Waals surface area contributed by atoms with Gasteiger partial charge in [-0.1, -0.05) is 35.9 Å². The summed E-state index contributed by atoms with van der Waals surface area (Å²) in [7, 11) is 1.52. The molecule has 40 heavy (non-hydrogen) atoms. The van der Waals surface area contributed by atoms with Crippen LogP contribution in [0.5, 0.6) is 5.88 Å². The van der Waals surface area contributed by atoms with E-state index in [1.54, 1.807) is 18.3 Å². The van der Waals surface area contributed by atoms with Gasteiger partial charge < -0.3 is 19.7 Å². The number of carboxylic acids is 1. The van der Waals surface area contributed by atoms with Crippen LogP contribution in [0.15, 0.2) is 60.9 Å². The molecule has 2 saturated carbocycles. The molecule has 1 unspecified atom stereocenters. The minimum atomic E-state index is -0.738. The summed E-state index contributed by atoms with van der Waals surface area (Å²) in [6.07, 6.45) is 6.44. The van der Waals surface area contributed by atoms with Crippen molar-refractivity contribution in [3.8, 4) is 17.0 Å². The zero-order valence-electron chi connectivity index (χ0n) is 22.2. The van der Waals surface area contributed by atoms with Gasteiger partial charge in [-0.15, -0.1) is 0 Å². The molecule has 1 amide bonds. The molecule has 7 nitrogen and oxygen atoms in total. The van der Waals surface area contributed by atoms with Gasteiger partial charge in [0.15, 0.2) is 0 Å². The molecule has 0 aliphatic heterocycles. The molecule has 0 bridgehead atoms. The van der Waals surface area contributed by atoms with Crippen LogP contribution in [-0.4, -0.2) is 39.7 Å². The van der Waals surface area contributed by atoms with Crippen molar-refractivity contribution < 1.29 is 23.8 Å². The number of carboxylic acid groups (broad SMARTS) is 1. The smallest absolute Gasteiger partial charge is 0.306 e. The molecule has 6 rings (SSSR count). The third-order valence-corrected chi connectivity index (χ3v) is 8.89. The summed E-state index contributed by atoms with van der Waals surface area (Å²) in [6, 6.07) is 14.2. The Kier molecular flexibility index (Phi) is 6.53. The molecular formula is C31H29ClFN3O4. The molecule has 9 heteroatoms. The molecule has 2 aromatic heterocycles. The third kappa shape index (κ3) is 4.50. The second-order valence-corrected chi connectivity index (χ2v) is 11.5. The summed E-state index contributed by atoms with van der Waals surface area (Å²) in [6.45, 7) is 2.01. The molecule has 206 valence electrons. The van der Waals surface area contributed by atoms with Crippen LogP contribution in [0.2, 0.25) is 5.02 Å². The van der Waals surface area contributed by atoms with Crippen molar-refractivity contribution in [3.63, 3.8) is 0 Å². The quantitative estimate of drug-likeness (QED) is 0.269. The monoisotopic (exact) mass is 561 g/mol. The van der Waals surface area contributed by atoms with E-state index in [2.05, 4.69) is 10.3 Å². The normalized spacial score (nSPS) is 22.4. The minimum Gasteiger partial charge on any atom is -0.481 e. The lowest BCUT2D eigenvalue weighted by atomic mass is 9.50. The van der Waals surface area contributed by atoms with E-state index in [1.807, 2.05) is 42.0 Å². The zero-order chi connectivity index (χ0) is 28.2. The second kappa shape index (κ2) is 9.93. The van der Waals surface area contributed by atoms with E-state index in [9.17, 15) is 19.1 Å². The number of fused-ring (bicyclic) bond motifs is 1. The van der Waals surface area contributed by atoms with Crippen molar-refractivity contribution in [1.82, 2.24) is 14.9 Å². The van der Waals surface area contributed by atoms with Crippen LogP contribution < -0.4 is 10.1 Å². The lowest BCUT2D eigenvalue weighted by molar-refractivity contribution is -0.155. The number of nitrogens with zero attached hydrogens (tertiary/aromatic N) is 2. The fourth-order valence-electron chi connectivity index (χ4n) is 6.45. The molecule has 2 heterocycles. The molecule has 1 spiro atoms. The summed E-state index contributed by atoms with van der Waals surface area (Å²) in [5, 5.41) is 13.1. The summed E-state index contributed by atoms with van der Waals surface area (Å²) in [5.41, 5.74) is 3.80. The number of aromatic nitrogens is 2. The number of hydrogen-bond acceptors (Lipinski definition) is 4. The van der Waals surface area contributed by atoms with Crippen molar-refractivity contribution in [2.45, 2.75) is 44.7 Å². The average Bonchev–Trinajstić information content (AvgIpc) is 3.35. The molecule has 1 atom stereocenters. The van der Waals surface area contributed by atoms with E-state index in [0.29, 0.717) is 40.2 Å². The minimum absolute atomic E-state index is 0.00308. The van der Waals surface area contributed by atoms with Gasteiger partial charge in [0, 0.05) is 29.4 Å². The number of rotatable bonds is 7. The third-order valence-electron chi connectivity index (χ3n) is 8.62. The van der Waals surface area contributed by atoms with E-state index < -0.39 is 5.97 Å². The Bertz CT molecular complexity index is 1620. The molecule has 2 aromatic carbocycles. The van der Waals surface area contributed by atoms with E-state index in [-0.39, 0.29) is 35.1 Å². The van der Waals surface area contributed by atoms with Gasteiger partial charge >= 0.3 is 5.97 Å². The maximum absolute atomic E-state index is 14.8. The molecule has 2 aliphatic carbocycles. The topological polar surface area (TPSA) is 93.5 Å². The summed E-state index contributed by atoms with van der Waals surface area (Å²) in [4.78, 5) is 28.8.